The van der Waals surface area contributed by atoms with Crippen molar-refractivity contribution in [3.63, 3.8) is 0 Å². The van der Waals surface area contributed by atoms with Crippen LogP contribution in [0.5, 0.6) is 0 Å². The predicted molar refractivity (Wildman–Crippen MR) is 125 cm³/mol. The van der Waals surface area contributed by atoms with Gasteiger partial charge in [0.05, 0.1) is 5.41 Å². The zero-order valence-electron chi connectivity index (χ0n) is 17.5. The highest BCUT2D eigenvalue weighted by Crippen LogP contribution is 2.48. The molecule has 1 aliphatic rings. The second kappa shape index (κ2) is 10.7. The van der Waals surface area contributed by atoms with Crippen molar-refractivity contribution in [2.45, 2.75) is 24.7 Å². The second-order valence-electron chi connectivity index (χ2n) is 7.44. The van der Waals surface area contributed by atoms with E-state index >= 15 is 0 Å². The maximum Gasteiger partial charge on any atom is 0.230 e. The molecule has 0 aliphatic heterocycles. The summed E-state index contributed by atoms with van der Waals surface area (Å²) in [5.41, 5.74) is 3.53. The van der Waals surface area contributed by atoms with E-state index in [9.17, 15) is 9.59 Å². The van der Waals surface area contributed by atoms with Gasteiger partial charge in [-0.25, -0.2) is 0 Å². The molecule has 5 nitrogen and oxygen atoms in total. The van der Waals surface area contributed by atoms with Gasteiger partial charge in [-0.1, -0.05) is 48.0 Å². The van der Waals surface area contributed by atoms with Crippen molar-refractivity contribution in [1.29, 1.82) is 0 Å². The van der Waals surface area contributed by atoms with Gasteiger partial charge in [-0.05, 0) is 54.7 Å². The number of nitrogens with one attached hydrogen (secondary N) is 2. The van der Waals surface area contributed by atoms with Crippen molar-refractivity contribution in [3.8, 4) is 0 Å². The number of carbonyl (C=O) groups excluding carboxylic acids is 2. The minimum atomic E-state index is -0.369. The van der Waals surface area contributed by atoms with Crippen LogP contribution in [-0.2, 0) is 16.6 Å². The van der Waals surface area contributed by atoms with E-state index in [1.807, 2.05) is 55.6 Å². The van der Waals surface area contributed by atoms with E-state index in [0.29, 0.717) is 17.1 Å². The summed E-state index contributed by atoms with van der Waals surface area (Å²) in [6.07, 6.45) is 6.86. The highest BCUT2D eigenvalue weighted by atomic mass is 35.5. The molecule has 0 unspecified atom stereocenters. The minimum Gasteiger partial charge on any atom is -0.388 e. The molecule has 0 spiro atoms. The van der Waals surface area contributed by atoms with Gasteiger partial charge in [0, 0.05) is 42.3 Å². The van der Waals surface area contributed by atoms with Crippen LogP contribution in [0, 0.1) is 0 Å². The largest absolute Gasteiger partial charge is 0.388 e. The standard InChI is InChI=1S/C19H18ClNO2.C6H8N2/c20-17-7-5-16(6-8-17)19(10-11-19)18(23)21-12-9-14-1-3-15(13-22)4-2-14;1-7-6-2-4-8-5-3-6/h1-8,13H,9-12H2,(H,21,23);2-5H,1H3,(H,7,8). The molecule has 3 aromatic rings. The summed E-state index contributed by atoms with van der Waals surface area (Å²) in [5.74, 6) is 0.0873. The number of hydrogen-bond acceptors (Lipinski definition) is 4. The molecule has 1 aliphatic carbocycles. The van der Waals surface area contributed by atoms with Crippen molar-refractivity contribution in [1.82, 2.24) is 10.3 Å². The van der Waals surface area contributed by atoms with Crippen LogP contribution < -0.4 is 10.6 Å². The molecule has 0 saturated heterocycles. The van der Waals surface area contributed by atoms with Gasteiger partial charge in [-0.2, -0.15) is 0 Å². The number of benzene rings is 2. The molecule has 1 heterocycles. The lowest BCUT2D eigenvalue weighted by molar-refractivity contribution is -0.123. The Morgan fingerprint density at radius 1 is 1.03 bits per heavy atom. The average Bonchev–Trinajstić information content (AvgIpc) is 3.63. The number of pyridine rings is 1. The van der Waals surface area contributed by atoms with E-state index in [0.717, 1.165) is 42.4 Å². The summed E-state index contributed by atoms with van der Waals surface area (Å²) in [7, 11) is 1.88. The first-order valence-corrected chi connectivity index (χ1v) is 10.6. The third-order valence-corrected chi connectivity index (χ3v) is 5.62. The van der Waals surface area contributed by atoms with E-state index in [-0.39, 0.29) is 11.3 Å². The number of rotatable bonds is 7. The molecule has 1 aromatic heterocycles. The first-order chi connectivity index (χ1) is 15.1. The highest BCUT2D eigenvalue weighted by Gasteiger charge is 2.50. The number of amides is 1. The quantitative estimate of drug-likeness (QED) is 0.529. The van der Waals surface area contributed by atoms with Crippen molar-refractivity contribution in [3.05, 3.63) is 94.8 Å². The summed E-state index contributed by atoms with van der Waals surface area (Å²) >= 11 is 5.91. The third-order valence-electron chi connectivity index (χ3n) is 5.37. The maximum atomic E-state index is 12.5. The Hall–Kier alpha value is -3.18. The highest BCUT2D eigenvalue weighted by molar-refractivity contribution is 6.30. The number of carbonyl (C=O) groups is 2. The van der Waals surface area contributed by atoms with Crippen molar-refractivity contribution in [2.24, 2.45) is 0 Å². The fourth-order valence-corrected chi connectivity index (χ4v) is 3.44. The molecule has 2 aromatic carbocycles. The van der Waals surface area contributed by atoms with E-state index in [1.54, 1.807) is 24.5 Å². The number of hydrogen-bond donors (Lipinski definition) is 2. The van der Waals surface area contributed by atoms with Gasteiger partial charge in [-0.15, -0.1) is 0 Å². The predicted octanol–water partition coefficient (Wildman–Crippen LogP) is 4.67. The lowest BCUT2D eigenvalue weighted by Gasteiger charge is -2.16. The Kier molecular flexibility index (Phi) is 7.79. The summed E-state index contributed by atoms with van der Waals surface area (Å²) in [5, 5.41) is 6.71. The summed E-state index contributed by atoms with van der Waals surface area (Å²) in [4.78, 5) is 27.0. The third kappa shape index (κ3) is 6.15. The molecule has 1 fully saturated rings. The molecule has 31 heavy (non-hydrogen) atoms. The van der Waals surface area contributed by atoms with E-state index < -0.39 is 0 Å². The number of aromatic nitrogens is 1. The lowest BCUT2D eigenvalue weighted by Crippen LogP contribution is -2.35. The molecule has 2 N–H and O–H groups in total. The average molecular weight is 436 g/mol. The van der Waals surface area contributed by atoms with Crippen LogP contribution in [0.25, 0.3) is 0 Å². The molecule has 160 valence electrons. The Morgan fingerprint density at radius 2 is 1.68 bits per heavy atom. The normalized spacial score (nSPS) is 13.4. The van der Waals surface area contributed by atoms with Gasteiger partial charge in [-0.3, -0.25) is 14.6 Å². The van der Waals surface area contributed by atoms with E-state index in [2.05, 4.69) is 15.6 Å². The fraction of sp³-hybridized carbons (Fsp3) is 0.240. The molecular weight excluding hydrogens is 410 g/mol. The van der Waals surface area contributed by atoms with Crippen molar-refractivity contribution in [2.75, 3.05) is 18.9 Å². The maximum absolute atomic E-state index is 12.5. The summed E-state index contributed by atoms with van der Waals surface area (Å²) in [6, 6.07) is 18.8. The molecule has 0 atom stereocenters. The number of nitrogens with zero attached hydrogens (tertiary/aromatic N) is 1. The molecule has 6 heteroatoms. The Bertz CT molecular complexity index is 986. The van der Waals surface area contributed by atoms with Gasteiger partial charge in [0.25, 0.3) is 0 Å². The Balaban J connectivity index is 0.000000287. The first-order valence-electron chi connectivity index (χ1n) is 10.2. The van der Waals surface area contributed by atoms with Crippen LogP contribution in [0.4, 0.5) is 5.69 Å². The van der Waals surface area contributed by atoms with Crippen molar-refractivity contribution < 1.29 is 9.59 Å². The van der Waals surface area contributed by atoms with Crippen LogP contribution in [-0.4, -0.2) is 30.8 Å². The molecule has 4 rings (SSSR count). The Labute approximate surface area is 187 Å². The zero-order valence-corrected chi connectivity index (χ0v) is 18.2. The number of anilines is 1. The second-order valence-corrected chi connectivity index (χ2v) is 7.88. The molecule has 1 amide bonds. The molecular formula is C25H26ClN3O2. The van der Waals surface area contributed by atoms with Gasteiger partial charge in [0.15, 0.2) is 0 Å². The zero-order chi connectivity index (χ0) is 22.1. The summed E-state index contributed by atoms with van der Waals surface area (Å²) in [6.45, 7) is 0.592. The topological polar surface area (TPSA) is 71.1 Å². The number of aldehydes is 1. The van der Waals surface area contributed by atoms with E-state index in [4.69, 9.17) is 11.6 Å². The van der Waals surface area contributed by atoms with Crippen LogP contribution in [0.1, 0.15) is 34.3 Å². The van der Waals surface area contributed by atoms with Crippen molar-refractivity contribution >= 4 is 29.5 Å². The van der Waals surface area contributed by atoms with Gasteiger partial charge in [0.2, 0.25) is 5.91 Å². The minimum absolute atomic E-state index is 0.0873. The van der Waals surface area contributed by atoms with Crippen LogP contribution in [0.15, 0.2) is 73.1 Å². The van der Waals surface area contributed by atoms with Gasteiger partial charge < -0.3 is 10.6 Å². The Morgan fingerprint density at radius 3 is 2.19 bits per heavy atom. The monoisotopic (exact) mass is 435 g/mol. The molecule has 1 saturated carbocycles. The smallest absolute Gasteiger partial charge is 0.230 e. The van der Waals surface area contributed by atoms with Crippen LogP contribution in [0.3, 0.4) is 0 Å². The van der Waals surface area contributed by atoms with Crippen LogP contribution in [0.2, 0.25) is 5.02 Å². The lowest BCUT2D eigenvalue weighted by atomic mass is 9.95. The summed E-state index contributed by atoms with van der Waals surface area (Å²) < 4.78 is 0. The molecule has 0 radical (unpaired) electrons. The SMILES string of the molecule is CNc1ccncc1.O=Cc1ccc(CCNC(=O)C2(c3ccc(Cl)cc3)CC2)cc1. The fourth-order valence-electron chi connectivity index (χ4n) is 3.31. The molecule has 0 bridgehead atoms. The number of halogens is 1. The van der Waals surface area contributed by atoms with Gasteiger partial charge >= 0.3 is 0 Å². The van der Waals surface area contributed by atoms with E-state index in [1.165, 1.54) is 0 Å². The van der Waals surface area contributed by atoms with Gasteiger partial charge in [0.1, 0.15) is 6.29 Å². The van der Waals surface area contributed by atoms with Crippen LogP contribution >= 0.6 is 11.6 Å². The first kappa shape index (κ1) is 22.5.